The van der Waals surface area contributed by atoms with Crippen LogP contribution in [0.2, 0.25) is 10.0 Å². The van der Waals surface area contributed by atoms with Crippen LogP contribution in [0.15, 0.2) is 42.5 Å². The zero-order valence-electron chi connectivity index (χ0n) is 14.4. The Morgan fingerprint density at radius 3 is 2.70 bits per heavy atom. The Hall–Kier alpha value is -2.57. The van der Waals surface area contributed by atoms with Crippen LogP contribution in [0.5, 0.6) is 0 Å². The summed E-state index contributed by atoms with van der Waals surface area (Å²) in [6, 6.07) is 11.2. The lowest BCUT2D eigenvalue weighted by atomic mass is 10.1. The lowest BCUT2D eigenvalue weighted by Crippen LogP contribution is -2.41. The molecule has 0 unspecified atom stereocenters. The Morgan fingerprint density at radius 2 is 1.93 bits per heavy atom. The first-order valence-electron chi connectivity index (χ1n) is 8.20. The number of carbonyl (C=O) groups is 3. The summed E-state index contributed by atoms with van der Waals surface area (Å²) in [5.74, 6) is -1.38. The van der Waals surface area contributed by atoms with Gasteiger partial charge in [0, 0.05) is 12.5 Å². The normalized spacial score (nSPS) is 16.2. The van der Waals surface area contributed by atoms with E-state index >= 15 is 0 Å². The van der Waals surface area contributed by atoms with Crippen molar-refractivity contribution in [3.63, 3.8) is 0 Å². The summed E-state index contributed by atoms with van der Waals surface area (Å²) < 4.78 is 5.13. The van der Waals surface area contributed by atoms with Gasteiger partial charge in [0.1, 0.15) is 0 Å². The molecule has 0 saturated carbocycles. The summed E-state index contributed by atoms with van der Waals surface area (Å²) in [4.78, 5) is 38.5. The third kappa shape index (κ3) is 4.07. The summed E-state index contributed by atoms with van der Waals surface area (Å²) in [5.41, 5.74) is 1.17. The number of esters is 1. The van der Waals surface area contributed by atoms with Crippen molar-refractivity contribution in [2.75, 3.05) is 16.8 Å². The van der Waals surface area contributed by atoms with E-state index in [0.717, 1.165) is 0 Å². The molecule has 0 saturated heterocycles. The molecular weight excluding hydrogens is 391 g/mol. The summed E-state index contributed by atoms with van der Waals surface area (Å²) >= 11 is 11.9. The second kappa shape index (κ2) is 7.98. The molecule has 140 valence electrons. The second-order valence-corrected chi connectivity index (χ2v) is 6.84. The zero-order valence-corrected chi connectivity index (χ0v) is 15.9. The van der Waals surface area contributed by atoms with E-state index < -0.39 is 24.5 Å². The minimum Gasteiger partial charge on any atom is -0.452 e. The summed E-state index contributed by atoms with van der Waals surface area (Å²) in [5, 5.41) is 3.06. The van der Waals surface area contributed by atoms with Gasteiger partial charge < -0.3 is 15.0 Å². The van der Waals surface area contributed by atoms with Gasteiger partial charge in [0.15, 0.2) is 6.61 Å². The fraction of sp³-hybridized carbons (Fsp3) is 0.211. The van der Waals surface area contributed by atoms with Crippen LogP contribution in [0.3, 0.4) is 0 Å². The molecule has 2 aromatic rings. The van der Waals surface area contributed by atoms with Gasteiger partial charge in [0.05, 0.1) is 27.0 Å². The van der Waals surface area contributed by atoms with Gasteiger partial charge in [-0.15, -0.1) is 0 Å². The van der Waals surface area contributed by atoms with Crippen molar-refractivity contribution in [2.24, 2.45) is 0 Å². The molecule has 0 bridgehead atoms. The van der Waals surface area contributed by atoms with E-state index in [9.17, 15) is 14.4 Å². The topological polar surface area (TPSA) is 75.7 Å². The molecule has 0 aromatic heterocycles. The number of halogens is 2. The van der Waals surface area contributed by atoms with Gasteiger partial charge in [-0.25, -0.2) is 4.79 Å². The first kappa shape index (κ1) is 19.2. The van der Waals surface area contributed by atoms with Crippen LogP contribution >= 0.6 is 23.2 Å². The minimum absolute atomic E-state index is 0.0694. The Labute approximate surface area is 166 Å². The maximum absolute atomic E-state index is 12.8. The largest absolute Gasteiger partial charge is 0.452 e. The molecule has 1 heterocycles. The molecule has 6 nitrogen and oxygen atoms in total. The highest BCUT2D eigenvalue weighted by Gasteiger charge is 2.30. The van der Waals surface area contributed by atoms with Gasteiger partial charge in [0.25, 0.3) is 5.91 Å². The van der Waals surface area contributed by atoms with Crippen molar-refractivity contribution in [2.45, 2.75) is 19.4 Å². The Balaban J connectivity index is 1.78. The summed E-state index contributed by atoms with van der Waals surface area (Å²) in [6.45, 7) is 1.27. The lowest BCUT2D eigenvalue weighted by molar-refractivity contribution is -0.122. The number of carbonyl (C=O) groups excluding carboxylic acids is 3. The molecule has 8 heteroatoms. The van der Waals surface area contributed by atoms with E-state index in [4.69, 9.17) is 27.9 Å². The van der Waals surface area contributed by atoms with Gasteiger partial charge in [-0.05, 0) is 31.2 Å². The highest BCUT2D eigenvalue weighted by Crippen LogP contribution is 2.31. The Bertz CT molecular complexity index is 916. The summed E-state index contributed by atoms with van der Waals surface area (Å²) in [6.07, 6.45) is 0.133. The predicted molar refractivity (Wildman–Crippen MR) is 103 cm³/mol. The summed E-state index contributed by atoms with van der Waals surface area (Å²) in [7, 11) is 0. The number of hydrogen-bond donors (Lipinski definition) is 1. The van der Waals surface area contributed by atoms with Gasteiger partial charge >= 0.3 is 5.97 Å². The van der Waals surface area contributed by atoms with Crippen LogP contribution < -0.4 is 10.2 Å². The Morgan fingerprint density at radius 1 is 1.19 bits per heavy atom. The van der Waals surface area contributed by atoms with Gasteiger partial charge in [0.2, 0.25) is 5.91 Å². The molecule has 1 N–H and O–H groups in total. The van der Waals surface area contributed by atoms with E-state index in [-0.39, 0.29) is 27.9 Å². The van der Waals surface area contributed by atoms with Crippen LogP contribution in [0.1, 0.15) is 23.7 Å². The molecule has 0 fully saturated rings. The average Bonchev–Trinajstić information content (AvgIpc) is 2.76. The van der Waals surface area contributed by atoms with Gasteiger partial charge in [-0.3, -0.25) is 9.59 Å². The third-order valence-corrected chi connectivity index (χ3v) is 4.95. The van der Waals surface area contributed by atoms with E-state index in [1.165, 1.54) is 11.0 Å². The number of nitrogens with one attached hydrogen (secondary N) is 1. The standard InChI is InChI=1S/C19H16Cl2N2O4/c1-11-9-16(24)22-14-7-2-3-8-15(14)23(11)17(25)10-27-19(26)12-5-4-6-13(20)18(12)21/h2-8,11H,9-10H2,1H3,(H,22,24)/t11-/m0/s1. The monoisotopic (exact) mass is 406 g/mol. The van der Waals surface area contributed by atoms with E-state index in [1.54, 1.807) is 43.3 Å². The van der Waals surface area contributed by atoms with Crippen molar-refractivity contribution >= 4 is 52.4 Å². The van der Waals surface area contributed by atoms with Gasteiger partial charge in [-0.1, -0.05) is 41.4 Å². The highest BCUT2D eigenvalue weighted by atomic mass is 35.5. The number of ether oxygens (including phenoxy) is 1. The van der Waals surface area contributed by atoms with Crippen LogP contribution in [-0.2, 0) is 14.3 Å². The SMILES string of the molecule is C[C@H]1CC(=O)Nc2ccccc2N1C(=O)COC(=O)c1cccc(Cl)c1Cl. The number of anilines is 2. The molecule has 1 aliphatic heterocycles. The van der Waals surface area contributed by atoms with Crippen molar-refractivity contribution in [1.29, 1.82) is 0 Å². The van der Waals surface area contributed by atoms with Crippen molar-refractivity contribution in [3.8, 4) is 0 Å². The molecular formula is C19H16Cl2N2O4. The predicted octanol–water partition coefficient (Wildman–Crippen LogP) is 3.91. The number of amides is 2. The van der Waals surface area contributed by atoms with Crippen molar-refractivity contribution < 1.29 is 19.1 Å². The number of rotatable bonds is 3. The quantitative estimate of drug-likeness (QED) is 0.783. The molecule has 1 aliphatic rings. The molecule has 0 radical (unpaired) electrons. The second-order valence-electron chi connectivity index (χ2n) is 6.06. The Kier molecular flexibility index (Phi) is 5.68. The molecule has 27 heavy (non-hydrogen) atoms. The van der Waals surface area contributed by atoms with E-state index in [1.807, 2.05) is 0 Å². The number of nitrogens with zero attached hydrogens (tertiary/aromatic N) is 1. The van der Waals surface area contributed by atoms with Crippen molar-refractivity contribution in [1.82, 2.24) is 0 Å². The number of fused-ring (bicyclic) bond motifs is 1. The molecule has 2 aromatic carbocycles. The van der Waals surface area contributed by atoms with Crippen LogP contribution in [-0.4, -0.2) is 30.4 Å². The molecule has 0 spiro atoms. The molecule has 0 aliphatic carbocycles. The maximum atomic E-state index is 12.8. The molecule has 3 rings (SSSR count). The number of para-hydroxylation sites is 2. The highest BCUT2D eigenvalue weighted by molar-refractivity contribution is 6.43. The number of benzene rings is 2. The third-order valence-electron chi connectivity index (χ3n) is 4.13. The van der Waals surface area contributed by atoms with Crippen LogP contribution in [0, 0.1) is 0 Å². The fourth-order valence-electron chi connectivity index (χ4n) is 2.90. The van der Waals surface area contributed by atoms with Gasteiger partial charge in [-0.2, -0.15) is 0 Å². The first-order chi connectivity index (χ1) is 12.9. The van der Waals surface area contributed by atoms with E-state index in [2.05, 4.69) is 5.32 Å². The van der Waals surface area contributed by atoms with E-state index in [0.29, 0.717) is 11.4 Å². The van der Waals surface area contributed by atoms with Crippen LogP contribution in [0.4, 0.5) is 11.4 Å². The zero-order chi connectivity index (χ0) is 19.6. The fourth-order valence-corrected chi connectivity index (χ4v) is 3.28. The van der Waals surface area contributed by atoms with Crippen molar-refractivity contribution in [3.05, 3.63) is 58.1 Å². The minimum atomic E-state index is -0.749. The van der Waals surface area contributed by atoms with Crippen LogP contribution in [0.25, 0.3) is 0 Å². The molecule has 2 amide bonds. The number of hydrogen-bond acceptors (Lipinski definition) is 4. The average molecular weight is 407 g/mol. The molecule has 1 atom stereocenters. The lowest BCUT2D eigenvalue weighted by Gasteiger charge is -2.27. The first-order valence-corrected chi connectivity index (χ1v) is 8.96. The smallest absolute Gasteiger partial charge is 0.340 e. The maximum Gasteiger partial charge on any atom is 0.340 e.